The van der Waals surface area contributed by atoms with Crippen LogP contribution in [0.2, 0.25) is 0 Å². The van der Waals surface area contributed by atoms with Crippen molar-refractivity contribution in [2.45, 2.75) is 34.1 Å². The number of para-hydroxylation sites is 1. The van der Waals surface area contributed by atoms with Crippen molar-refractivity contribution in [2.24, 2.45) is 5.41 Å². The van der Waals surface area contributed by atoms with Crippen molar-refractivity contribution >= 4 is 11.6 Å². The van der Waals surface area contributed by atoms with Crippen molar-refractivity contribution in [3.8, 4) is 5.75 Å². The fraction of sp³-hybridized carbons (Fsp3) is 0.533. The van der Waals surface area contributed by atoms with Gasteiger partial charge in [0.1, 0.15) is 0 Å². The summed E-state index contributed by atoms with van der Waals surface area (Å²) in [4.78, 5) is 12.2. The van der Waals surface area contributed by atoms with E-state index in [4.69, 9.17) is 10.5 Å². The Morgan fingerprint density at radius 3 is 2.63 bits per heavy atom. The van der Waals surface area contributed by atoms with Gasteiger partial charge in [0.05, 0.1) is 17.9 Å². The molecule has 0 aliphatic carbocycles. The smallest absolute Gasteiger partial charge is 0.255 e. The van der Waals surface area contributed by atoms with Gasteiger partial charge in [0.15, 0.2) is 5.75 Å². The van der Waals surface area contributed by atoms with Gasteiger partial charge in [-0.2, -0.15) is 0 Å². The second kappa shape index (κ2) is 6.45. The highest BCUT2D eigenvalue weighted by molar-refractivity contribution is 5.98. The van der Waals surface area contributed by atoms with Crippen molar-refractivity contribution in [2.75, 3.05) is 18.9 Å². The molecule has 4 heteroatoms. The fourth-order valence-electron chi connectivity index (χ4n) is 1.58. The molecule has 0 aromatic heterocycles. The summed E-state index contributed by atoms with van der Waals surface area (Å²) in [6.45, 7) is 9.33. The molecule has 4 nitrogen and oxygen atoms in total. The lowest BCUT2D eigenvalue weighted by atomic mass is 9.90. The lowest BCUT2D eigenvalue weighted by Gasteiger charge is -2.23. The van der Waals surface area contributed by atoms with E-state index in [0.717, 1.165) is 6.42 Å². The summed E-state index contributed by atoms with van der Waals surface area (Å²) >= 11 is 0. The summed E-state index contributed by atoms with van der Waals surface area (Å²) in [5.74, 6) is 0.328. The molecule has 0 saturated carbocycles. The third-order valence-electron chi connectivity index (χ3n) is 3.26. The van der Waals surface area contributed by atoms with Gasteiger partial charge in [-0.25, -0.2) is 0 Å². The van der Waals surface area contributed by atoms with Crippen molar-refractivity contribution in [3.63, 3.8) is 0 Å². The summed E-state index contributed by atoms with van der Waals surface area (Å²) in [6, 6.07) is 5.23. The zero-order valence-electron chi connectivity index (χ0n) is 12.2. The van der Waals surface area contributed by atoms with Gasteiger partial charge in [-0.05, 0) is 30.9 Å². The van der Waals surface area contributed by atoms with Gasteiger partial charge in [0.2, 0.25) is 0 Å². The number of nitrogens with one attached hydrogen (secondary N) is 1. The van der Waals surface area contributed by atoms with Crippen LogP contribution in [0.15, 0.2) is 18.2 Å². The third kappa shape index (κ3) is 4.16. The van der Waals surface area contributed by atoms with Crippen LogP contribution in [0, 0.1) is 5.41 Å². The first-order valence-corrected chi connectivity index (χ1v) is 6.70. The van der Waals surface area contributed by atoms with E-state index in [2.05, 4.69) is 26.1 Å². The van der Waals surface area contributed by atoms with Crippen LogP contribution in [0.4, 0.5) is 5.69 Å². The standard InChI is InChI=1S/C15H24N2O2/c1-5-15(3,4)10-17-14(18)11-8-7-9-12(16)13(11)19-6-2/h7-9H,5-6,10,16H2,1-4H3,(H,17,18). The summed E-state index contributed by atoms with van der Waals surface area (Å²) in [6.07, 6.45) is 1.00. The number of hydrogen-bond acceptors (Lipinski definition) is 3. The molecule has 3 N–H and O–H groups in total. The number of carbonyl (C=O) groups excluding carboxylic acids is 1. The minimum absolute atomic E-state index is 0.0851. The number of rotatable bonds is 6. The van der Waals surface area contributed by atoms with Crippen molar-refractivity contribution in [1.82, 2.24) is 5.32 Å². The average molecular weight is 264 g/mol. The Hall–Kier alpha value is -1.71. The summed E-state index contributed by atoms with van der Waals surface area (Å²) in [5.41, 5.74) is 6.92. The van der Waals surface area contributed by atoms with E-state index < -0.39 is 0 Å². The molecule has 19 heavy (non-hydrogen) atoms. The Kier molecular flexibility index (Phi) is 5.21. The van der Waals surface area contributed by atoms with Gasteiger partial charge in [-0.3, -0.25) is 4.79 Å². The minimum atomic E-state index is -0.141. The fourth-order valence-corrected chi connectivity index (χ4v) is 1.58. The zero-order chi connectivity index (χ0) is 14.5. The molecule has 0 aliphatic heterocycles. The van der Waals surface area contributed by atoms with Crippen LogP contribution in [-0.2, 0) is 0 Å². The highest BCUT2D eigenvalue weighted by Crippen LogP contribution is 2.26. The van der Waals surface area contributed by atoms with Crippen LogP contribution >= 0.6 is 0 Å². The molecule has 0 saturated heterocycles. The number of ether oxygens (including phenoxy) is 1. The number of nitrogen functional groups attached to an aromatic ring is 1. The maximum atomic E-state index is 12.2. The monoisotopic (exact) mass is 264 g/mol. The Morgan fingerprint density at radius 1 is 1.37 bits per heavy atom. The molecule has 0 aliphatic rings. The Bertz CT molecular complexity index is 442. The molecule has 0 fully saturated rings. The highest BCUT2D eigenvalue weighted by Gasteiger charge is 2.19. The van der Waals surface area contributed by atoms with E-state index in [9.17, 15) is 4.79 Å². The molecule has 0 spiro atoms. The van der Waals surface area contributed by atoms with Gasteiger partial charge in [0.25, 0.3) is 5.91 Å². The molecule has 0 bridgehead atoms. The van der Waals surface area contributed by atoms with Crippen LogP contribution in [0.1, 0.15) is 44.5 Å². The lowest BCUT2D eigenvalue weighted by molar-refractivity contribution is 0.0932. The highest BCUT2D eigenvalue weighted by atomic mass is 16.5. The first kappa shape index (κ1) is 15.3. The first-order chi connectivity index (χ1) is 8.91. The van der Waals surface area contributed by atoms with E-state index >= 15 is 0 Å². The number of hydrogen-bond donors (Lipinski definition) is 2. The topological polar surface area (TPSA) is 64.3 Å². The van der Waals surface area contributed by atoms with E-state index in [-0.39, 0.29) is 11.3 Å². The SMILES string of the molecule is CCOc1c(N)cccc1C(=O)NCC(C)(C)CC. The first-order valence-electron chi connectivity index (χ1n) is 6.70. The van der Waals surface area contributed by atoms with Crippen LogP contribution in [0.5, 0.6) is 5.75 Å². The van der Waals surface area contributed by atoms with Crippen LogP contribution < -0.4 is 15.8 Å². The number of anilines is 1. The summed E-state index contributed by atoms with van der Waals surface area (Å²) in [5, 5.41) is 2.94. The number of amides is 1. The van der Waals surface area contributed by atoms with Crippen molar-refractivity contribution in [1.29, 1.82) is 0 Å². The van der Waals surface area contributed by atoms with E-state index in [0.29, 0.717) is 30.2 Å². The molecular formula is C15H24N2O2. The molecule has 106 valence electrons. The average Bonchev–Trinajstić information content (AvgIpc) is 2.38. The Labute approximate surface area is 115 Å². The second-order valence-electron chi connectivity index (χ2n) is 5.36. The molecule has 0 unspecified atom stereocenters. The van der Waals surface area contributed by atoms with Crippen molar-refractivity contribution < 1.29 is 9.53 Å². The van der Waals surface area contributed by atoms with E-state index in [1.165, 1.54) is 0 Å². The quantitative estimate of drug-likeness (QED) is 0.776. The Balaban J connectivity index is 2.85. The maximum Gasteiger partial charge on any atom is 0.255 e. The van der Waals surface area contributed by atoms with E-state index in [1.54, 1.807) is 18.2 Å². The zero-order valence-corrected chi connectivity index (χ0v) is 12.2. The largest absolute Gasteiger partial charge is 0.491 e. The number of benzene rings is 1. The lowest BCUT2D eigenvalue weighted by Crippen LogP contribution is -2.33. The number of carbonyl (C=O) groups is 1. The molecule has 1 aromatic carbocycles. The van der Waals surface area contributed by atoms with Gasteiger partial charge < -0.3 is 15.8 Å². The molecule has 1 amide bonds. The molecular weight excluding hydrogens is 240 g/mol. The normalized spacial score (nSPS) is 11.2. The summed E-state index contributed by atoms with van der Waals surface area (Å²) < 4.78 is 5.46. The second-order valence-corrected chi connectivity index (χ2v) is 5.36. The Morgan fingerprint density at radius 2 is 2.05 bits per heavy atom. The molecule has 1 rings (SSSR count). The van der Waals surface area contributed by atoms with Gasteiger partial charge >= 0.3 is 0 Å². The molecule has 0 heterocycles. The molecule has 0 radical (unpaired) electrons. The van der Waals surface area contributed by atoms with Crippen LogP contribution in [0.25, 0.3) is 0 Å². The van der Waals surface area contributed by atoms with Gasteiger partial charge in [0, 0.05) is 6.54 Å². The van der Waals surface area contributed by atoms with Crippen molar-refractivity contribution in [3.05, 3.63) is 23.8 Å². The number of nitrogens with two attached hydrogens (primary N) is 1. The van der Waals surface area contributed by atoms with Crippen LogP contribution in [-0.4, -0.2) is 19.1 Å². The van der Waals surface area contributed by atoms with E-state index in [1.807, 2.05) is 6.92 Å². The predicted molar refractivity (Wildman–Crippen MR) is 78.4 cm³/mol. The third-order valence-corrected chi connectivity index (χ3v) is 3.26. The molecule has 1 aromatic rings. The summed E-state index contributed by atoms with van der Waals surface area (Å²) in [7, 11) is 0. The maximum absolute atomic E-state index is 12.2. The molecule has 0 atom stereocenters. The van der Waals surface area contributed by atoms with Gasteiger partial charge in [-0.1, -0.05) is 26.8 Å². The predicted octanol–water partition coefficient (Wildman–Crippen LogP) is 2.83. The van der Waals surface area contributed by atoms with Gasteiger partial charge in [-0.15, -0.1) is 0 Å². The minimum Gasteiger partial charge on any atom is -0.491 e. The van der Waals surface area contributed by atoms with Crippen LogP contribution in [0.3, 0.4) is 0 Å².